The van der Waals surface area contributed by atoms with Gasteiger partial charge in [0.2, 0.25) is 5.91 Å². The number of benzene rings is 1. The summed E-state index contributed by atoms with van der Waals surface area (Å²) in [6.45, 7) is 3.55. The Morgan fingerprint density at radius 3 is 2.85 bits per heavy atom. The molecule has 2 aromatic heterocycles. The first-order chi connectivity index (χ1) is 12.5. The molecule has 0 bridgehead atoms. The molecule has 1 amide bonds. The quantitative estimate of drug-likeness (QED) is 0.620. The number of halogens is 1. The summed E-state index contributed by atoms with van der Waals surface area (Å²) >= 11 is 7.13. The number of ether oxygens (including phenoxy) is 1. The van der Waals surface area contributed by atoms with E-state index in [0.29, 0.717) is 33.3 Å². The van der Waals surface area contributed by atoms with Crippen LogP contribution in [0.3, 0.4) is 0 Å². The summed E-state index contributed by atoms with van der Waals surface area (Å²) in [5, 5.41) is 11.1. The van der Waals surface area contributed by atoms with Gasteiger partial charge in [-0.1, -0.05) is 23.4 Å². The Morgan fingerprint density at radius 2 is 2.15 bits per heavy atom. The molecule has 9 heteroatoms. The van der Waals surface area contributed by atoms with E-state index in [9.17, 15) is 4.79 Å². The van der Waals surface area contributed by atoms with Gasteiger partial charge in [-0.25, -0.2) is 0 Å². The number of carbonyl (C=O) groups excluding carboxylic acids is 1. The highest BCUT2D eigenvalue weighted by Gasteiger charge is 2.21. The van der Waals surface area contributed by atoms with Gasteiger partial charge in [0, 0.05) is 5.02 Å². The smallest absolute Gasteiger partial charge is 0.277 e. The zero-order valence-electron chi connectivity index (χ0n) is 14.3. The largest absolute Gasteiger partial charge is 0.495 e. The third-order valence-electron chi connectivity index (χ3n) is 3.56. The third-order valence-corrected chi connectivity index (χ3v) is 4.73. The van der Waals surface area contributed by atoms with Crippen LogP contribution in [0.4, 0.5) is 5.69 Å². The van der Waals surface area contributed by atoms with Gasteiger partial charge in [-0.2, -0.15) is 0 Å². The van der Waals surface area contributed by atoms with E-state index in [4.69, 9.17) is 25.2 Å². The SMILES string of the molecule is COc1ccc(Cl)cc1NC(=O)[C@H](C)Sc1nnc(-c2ccoc2C)o1. The monoisotopic (exact) mass is 393 g/mol. The van der Waals surface area contributed by atoms with Gasteiger partial charge in [0.05, 0.1) is 29.9 Å². The summed E-state index contributed by atoms with van der Waals surface area (Å²) in [5.74, 6) is 1.32. The molecule has 7 nitrogen and oxygen atoms in total. The normalized spacial score (nSPS) is 12.0. The van der Waals surface area contributed by atoms with Crippen LogP contribution in [-0.2, 0) is 4.79 Å². The number of hydrogen-bond acceptors (Lipinski definition) is 7. The molecule has 1 atom stereocenters. The van der Waals surface area contributed by atoms with Crippen molar-refractivity contribution in [3.63, 3.8) is 0 Å². The van der Waals surface area contributed by atoms with Gasteiger partial charge in [-0.05, 0) is 38.1 Å². The topological polar surface area (TPSA) is 90.4 Å². The highest BCUT2D eigenvalue weighted by molar-refractivity contribution is 8.00. The molecule has 1 aromatic carbocycles. The average molecular weight is 394 g/mol. The molecule has 0 radical (unpaired) electrons. The molecule has 1 N–H and O–H groups in total. The van der Waals surface area contributed by atoms with E-state index in [1.165, 1.54) is 7.11 Å². The number of thioether (sulfide) groups is 1. The highest BCUT2D eigenvalue weighted by atomic mass is 35.5. The van der Waals surface area contributed by atoms with Gasteiger partial charge in [-0.15, -0.1) is 10.2 Å². The molecule has 0 unspecified atom stereocenters. The van der Waals surface area contributed by atoms with Crippen LogP contribution >= 0.6 is 23.4 Å². The molecule has 2 heterocycles. The van der Waals surface area contributed by atoms with Gasteiger partial charge < -0.3 is 18.9 Å². The molecule has 0 aliphatic carbocycles. The average Bonchev–Trinajstić information content (AvgIpc) is 3.23. The lowest BCUT2D eigenvalue weighted by Crippen LogP contribution is -2.22. The summed E-state index contributed by atoms with van der Waals surface area (Å²) in [6.07, 6.45) is 1.55. The molecule has 0 spiro atoms. The van der Waals surface area contributed by atoms with E-state index in [2.05, 4.69) is 15.5 Å². The first-order valence-corrected chi connectivity index (χ1v) is 8.92. The van der Waals surface area contributed by atoms with E-state index >= 15 is 0 Å². The standard InChI is InChI=1S/C17H16ClN3O4S/c1-9-12(6-7-24-9)16-20-21-17(25-16)26-10(2)15(22)19-13-8-11(18)4-5-14(13)23-3/h4-8,10H,1-3H3,(H,19,22)/t10-/m0/s1. The summed E-state index contributed by atoms with van der Waals surface area (Å²) < 4.78 is 16.0. The number of nitrogens with one attached hydrogen (secondary N) is 1. The predicted molar refractivity (Wildman–Crippen MR) is 98.7 cm³/mol. The Labute approximate surface area is 159 Å². The number of nitrogens with zero attached hydrogens (tertiary/aromatic N) is 2. The van der Waals surface area contributed by atoms with Crippen LogP contribution < -0.4 is 10.1 Å². The van der Waals surface area contributed by atoms with E-state index in [1.807, 2.05) is 0 Å². The summed E-state index contributed by atoms with van der Waals surface area (Å²) in [5.41, 5.74) is 1.22. The fourth-order valence-electron chi connectivity index (χ4n) is 2.19. The number of methoxy groups -OCH3 is 1. The number of aryl methyl sites for hydroxylation is 1. The van der Waals surface area contributed by atoms with Crippen LogP contribution in [0.25, 0.3) is 11.5 Å². The Bertz CT molecular complexity index is 924. The molecule has 0 saturated heterocycles. The van der Waals surface area contributed by atoms with E-state index in [1.54, 1.807) is 44.4 Å². The fraction of sp³-hybridized carbons (Fsp3) is 0.235. The lowest BCUT2D eigenvalue weighted by Gasteiger charge is -2.13. The zero-order chi connectivity index (χ0) is 18.7. The van der Waals surface area contributed by atoms with Crippen LogP contribution in [0.2, 0.25) is 5.02 Å². The van der Waals surface area contributed by atoms with E-state index in [0.717, 1.165) is 17.3 Å². The Kier molecular flexibility index (Phi) is 5.53. The van der Waals surface area contributed by atoms with Gasteiger partial charge in [0.15, 0.2) is 0 Å². The third kappa shape index (κ3) is 4.03. The molecule has 26 heavy (non-hydrogen) atoms. The van der Waals surface area contributed by atoms with Gasteiger partial charge in [0.1, 0.15) is 11.5 Å². The van der Waals surface area contributed by atoms with Crippen molar-refractivity contribution in [2.24, 2.45) is 0 Å². The van der Waals surface area contributed by atoms with Crippen molar-refractivity contribution in [3.8, 4) is 17.2 Å². The van der Waals surface area contributed by atoms with Crippen molar-refractivity contribution in [2.45, 2.75) is 24.3 Å². The van der Waals surface area contributed by atoms with Crippen LogP contribution in [0.1, 0.15) is 12.7 Å². The lowest BCUT2D eigenvalue weighted by atomic mass is 10.3. The fourth-order valence-corrected chi connectivity index (χ4v) is 3.05. The molecular weight excluding hydrogens is 378 g/mol. The van der Waals surface area contributed by atoms with Crippen molar-refractivity contribution in [3.05, 3.63) is 41.3 Å². The Hall–Kier alpha value is -2.45. The molecule has 0 aliphatic rings. The van der Waals surface area contributed by atoms with E-state index < -0.39 is 5.25 Å². The summed E-state index contributed by atoms with van der Waals surface area (Å²) in [6, 6.07) is 6.75. The summed E-state index contributed by atoms with van der Waals surface area (Å²) in [4.78, 5) is 12.5. The van der Waals surface area contributed by atoms with Crippen molar-refractivity contribution < 1.29 is 18.4 Å². The van der Waals surface area contributed by atoms with Crippen LogP contribution in [0.15, 0.2) is 44.6 Å². The molecule has 0 fully saturated rings. The maximum Gasteiger partial charge on any atom is 0.277 e. The van der Waals surface area contributed by atoms with Crippen LogP contribution in [-0.4, -0.2) is 28.5 Å². The van der Waals surface area contributed by atoms with Crippen LogP contribution in [0.5, 0.6) is 5.75 Å². The second kappa shape index (κ2) is 7.84. The van der Waals surface area contributed by atoms with Gasteiger partial charge in [0.25, 0.3) is 11.1 Å². The molecular formula is C17H16ClN3O4S. The Morgan fingerprint density at radius 1 is 1.35 bits per heavy atom. The number of anilines is 1. The van der Waals surface area contributed by atoms with Gasteiger partial charge >= 0.3 is 0 Å². The number of hydrogen-bond donors (Lipinski definition) is 1. The number of rotatable bonds is 6. The number of amides is 1. The maximum absolute atomic E-state index is 12.5. The van der Waals surface area contributed by atoms with Crippen molar-refractivity contribution in [2.75, 3.05) is 12.4 Å². The molecule has 0 saturated carbocycles. The first kappa shape index (κ1) is 18.3. The van der Waals surface area contributed by atoms with Gasteiger partial charge in [-0.3, -0.25) is 4.79 Å². The van der Waals surface area contributed by atoms with Crippen LogP contribution in [0, 0.1) is 6.92 Å². The first-order valence-electron chi connectivity index (χ1n) is 7.67. The summed E-state index contributed by atoms with van der Waals surface area (Å²) in [7, 11) is 1.52. The molecule has 3 rings (SSSR count). The number of carbonyl (C=O) groups is 1. The minimum absolute atomic E-state index is 0.241. The molecule has 0 aliphatic heterocycles. The lowest BCUT2D eigenvalue weighted by molar-refractivity contribution is -0.115. The second-order valence-corrected chi connectivity index (χ2v) is 7.09. The van der Waals surface area contributed by atoms with E-state index in [-0.39, 0.29) is 5.91 Å². The molecule has 136 valence electrons. The minimum Gasteiger partial charge on any atom is -0.495 e. The second-order valence-electron chi connectivity index (χ2n) is 5.36. The van der Waals surface area contributed by atoms with Crippen molar-refractivity contribution in [1.82, 2.24) is 10.2 Å². The van der Waals surface area contributed by atoms with Crippen molar-refractivity contribution >= 4 is 35.0 Å². The van der Waals surface area contributed by atoms with Crippen molar-refractivity contribution in [1.29, 1.82) is 0 Å². The Balaban J connectivity index is 1.68. The predicted octanol–water partition coefficient (Wildman–Crippen LogP) is 4.42. The maximum atomic E-state index is 12.5. The highest BCUT2D eigenvalue weighted by Crippen LogP contribution is 2.31. The minimum atomic E-state index is -0.475. The number of aromatic nitrogens is 2. The molecule has 3 aromatic rings. The zero-order valence-corrected chi connectivity index (χ0v) is 15.9. The number of furan rings is 1.